The molecule has 2 atom stereocenters. The lowest BCUT2D eigenvalue weighted by Crippen LogP contribution is -2.21. The summed E-state index contributed by atoms with van der Waals surface area (Å²) in [6.45, 7) is 1.79. The third-order valence-electron chi connectivity index (χ3n) is 3.95. The van der Waals surface area contributed by atoms with Crippen LogP contribution in [0.1, 0.15) is 30.4 Å². The van der Waals surface area contributed by atoms with E-state index < -0.39 is 0 Å². The molecule has 3 nitrogen and oxygen atoms in total. The van der Waals surface area contributed by atoms with Gasteiger partial charge in [0.2, 0.25) is 5.91 Å². The monoisotopic (exact) mass is 296 g/mol. The lowest BCUT2D eigenvalue weighted by Gasteiger charge is -2.03. The maximum atomic E-state index is 12.9. The summed E-state index contributed by atoms with van der Waals surface area (Å²) in [5.41, 5.74) is 5.26. The Labute approximate surface area is 128 Å². The number of hydrazone groups is 1. The molecule has 0 unspecified atom stereocenters. The quantitative estimate of drug-likeness (QED) is 0.681. The van der Waals surface area contributed by atoms with Crippen molar-refractivity contribution in [2.45, 2.75) is 19.3 Å². The van der Waals surface area contributed by atoms with E-state index in [9.17, 15) is 9.18 Å². The average molecular weight is 296 g/mol. The van der Waals surface area contributed by atoms with Crippen molar-refractivity contribution in [2.75, 3.05) is 0 Å². The first kappa shape index (κ1) is 14.4. The molecule has 0 aliphatic heterocycles. The van der Waals surface area contributed by atoms with Gasteiger partial charge >= 0.3 is 0 Å². The van der Waals surface area contributed by atoms with E-state index in [-0.39, 0.29) is 17.6 Å². The molecule has 3 rings (SSSR count). The van der Waals surface area contributed by atoms with Gasteiger partial charge in [-0.05, 0) is 42.5 Å². The summed E-state index contributed by atoms with van der Waals surface area (Å²) < 4.78 is 12.9. The minimum atomic E-state index is -0.288. The molecule has 22 heavy (non-hydrogen) atoms. The van der Waals surface area contributed by atoms with Crippen LogP contribution in [0.5, 0.6) is 0 Å². The SMILES string of the molecule is C/C(=N\NC(=O)[C@H]1C[C@H]1c1ccccc1)c1ccc(F)cc1. The molecule has 0 radical (unpaired) electrons. The van der Waals surface area contributed by atoms with E-state index in [2.05, 4.69) is 10.5 Å². The van der Waals surface area contributed by atoms with Gasteiger partial charge < -0.3 is 0 Å². The van der Waals surface area contributed by atoms with Crippen molar-refractivity contribution >= 4 is 11.6 Å². The van der Waals surface area contributed by atoms with Gasteiger partial charge in [0.05, 0.1) is 5.71 Å². The third-order valence-corrected chi connectivity index (χ3v) is 3.95. The normalized spacial score (nSPS) is 20.5. The van der Waals surface area contributed by atoms with Crippen molar-refractivity contribution in [2.24, 2.45) is 11.0 Å². The van der Waals surface area contributed by atoms with Gasteiger partial charge in [0.1, 0.15) is 5.82 Å². The highest BCUT2D eigenvalue weighted by Crippen LogP contribution is 2.47. The predicted octanol–water partition coefficient (Wildman–Crippen LogP) is 3.47. The van der Waals surface area contributed by atoms with Crippen LogP contribution in [0, 0.1) is 11.7 Å². The largest absolute Gasteiger partial charge is 0.273 e. The van der Waals surface area contributed by atoms with E-state index in [0.717, 1.165) is 12.0 Å². The number of carbonyl (C=O) groups is 1. The average Bonchev–Trinajstić information content (AvgIpc) is 3.34. The number of benzene rings is 2. The van der Waals surface area contributed by atoms with Crippen LogP contribution in [-0.2, 0) is 4.79 Å². The molecule has 1 fully saturated rings. The number of halogens is 1. The number of amides is 1. The Kier molecular flexibility index (Phi) is 4.00. The Bertz CT molecular complexity index is 695. The first-order valence-electron chi connectivity index (χ1n) is 7.30. The number of nitrogens with one attached hydrogen (secondary N) is 1. The summed E-state index contributed by atoms with van der Waals surface area (Å²) in [5, 5.41) is 4.11. The van der Waals surface area contributed by atoms with E-state index in [0.29, 0.717) is 11.6 Å². The molecule has 112 valence electrons. The highest BCUT2D eigenvalue weighted by atomic mass is 19.1. The molecule has 1 N–H and O–H groups in total. The fourth-order valence-electron chi connectivity index (χ4n) is 2.53. The number of carbonyl (C=O) groups excluding carboxylic acids is 1. The molecule has 4 heteroatoms. The van der Waals surface area contributed by atoms with Crippen LogP contribution >= 0.6 is 0 Å². The maximum absolute atomic E-state index is 12.9. The van der Waals surface area contributed by atoms with Crippen LogP contribution in [0.2, 0.25) is 0 Å². The van der Waals surface area contributed by atoms with Crippen molar-refractivity contribution in [3.05, 3.63) is 71.5 Å². The fraction of sp³-hybridized carbons (Fsp3) is 0.222. The second-order valence-electron chi connectivity index (χ2n) is 5.54. The summed E-state index contributed by atoms with van der Waals surface area (Å²) in [6.07, 6.45) is 0.862. The van der Waals surface area contributed by atoms with E-state index >= 15 is 0 Å². The number of rotatable bonds is 4. The molecule has 0 saturated heterocycles. The van der Waals surface area contributed by atoms with Crippen LogP contribution in [0.25, 0.3) is 0 Å². The Hall–Kier alpha value is -2.49. The Morgan fingerprint density at radius 3 is 2.50 bits per heavy atom. The predicted molar refractivity (Wildman–Crippen MR) is 84.0 cm³/mol. The topological polar surface area (TPSA) is 41.5 Å². The summed E-state index contributed by atoms with van der Waals surface area (Å²) in [4.78, 5) is 12.1. The second kappa shape index (κ2) is 6.10. The van der Waals surface area contributed by atoms with Crippen molar-refractivity contribution < 1.29 is 9.18 Å². The Balaban J connectivity index is 1.59. The molecule has 1 aliphatic rings. The highest BCUT2D eigenvalue weighted by molar-refractivity contribution is 5.99. The first-order chi connectivity index (χ1) is 10.6. The smallest absolute Gasteiger partial charge is 0.243 e. The van der Waals surface area contributed by atoms with Gasteiger partial charge in [0.15, 0.2) is 0 Å². The van der Waals surface area contributed by atoms with Crippen LogP contribution in [0.4, 0.5) is 4.39 Å². The molecule has 2 aromatic rings. The van der Waals surface area contributed by atoms with Crippen LogP contribution in [0.3, 0.4) is 0 Å². The van der Waals surface area contributed by atoms with E-state index in [1.165, 1.54) is 17.7 Å². The van der Waals surface area contributed by atoms with Crippen molar-refractivity contribution in [1.29, 1.82) is 0 Å². The van der Waals surface area contributed by atoms with Crippen LogP contribution in [0.15, 0.2) is 59.7 Å². The molecule has 0 spiro atoms. The van der Waals surface area contributed by atoms with Crippen LogP contribution < -0.4 is 5.43 Å². The molecular weight excluding hydrogens is 279 g/mol. The molecule has 1 saturated carbocycles. The summed E-state index contributed by atoms with van der Waals surface area (Å²) in [5.74, 6) is -0.0609. The van der Waals surface area contributed by atoms with E-state index in [1.54, 1.807) is 19.1 Å². The maximum Gasteiger partial charge on any atom is 0.243 e. The molecule has 2 aromatic carbocycles. The third kappa shape index (κ3) is 3.22. The molecule has 1 amide bonds. The van der Waals surface area contributed by atoms with Gasteiger partial charge in [-0.15, -0.1) is 0 Å². The molecule has 1 aliphatic carbocycles. The summed E-state index contributed by atoms with van der Waals surface area (Å²) >= 11 is 0. The Morgan fingerprint density at radius 1 is 1.14 bits per heavy atom. The lowest BCUT2D eigenvalue weighted by molar-refractivity contribution is -0.122. The van der Waals surface area contributed by atoms with Gasteiger partial charge in [0, 0.05) is 5.92 Å². The Morgan fingerprint density at radius 2 is 1.82 bits per heavy atom. The van der Waals surface area contributed by atoms with Crippen molar-refractivity contribution in [3.63, 3.8) is 0 Å². The fourth-order valence-corrected chi connectivity index (χ4v) is 2.53. The molecule has 0 aromatic heterocycles. The van der Waals surface area contributed by atoms with Gasteiger partial charge in [-0.25, -0.2) is 9.82 Å². The minimum Gasteiger partial charge on any atom is -0.273 e. The van der Waals surface area contributed by atoms with Gasteiger partial charge in [-0.1, -0.05) is 42.5 Å². The number of nitrogens with zero attached hydrogens (tertiary/aromatic N) is 1. The zero-order valence-electron chi connectivity index (χ0n) is 12.3. The zero-order valence-corrected chi connectivity index (χ0v) is 12.3. The van der Waals surface area contributed by atoms with Gasteiger partial charge in [0.25, 0.3) is 0 Å². The van der Waals surface area contributed by atoms with Gasteiger partial charge in [-0.3, -0.25) is 4.79 Å². The molecular formula is C18H17FN2O. The number of hydrogen-bond donors (Lipinski definition) is 1. The first-order valence-corrected chi connectivity index (χ1v) is 7.30. The van der Waals surface area contributed by atoms with Gasteiger partial charge in [-0.2, -0.15) is 5.10 Å². The lowest BCUT2D eigenvalue weighted by atomic mass is 10.1. The van der Waals surface area contributed by atoms with E-state index in [4.69, 9.17) is 0 Å². The van der Waals surface area contributed by atoms with Crippen molar-refractivity contribution in [3.8, 4) is 0 Å². The van der Waals surface area contributed by atoms with Crippen LogP contribution in [-0.4, -0.2) is 11.6 Å². The van der Waals surface area contributed by atoms with E-state index in [1.807, 2.05) is 30.3 Å². The summed E-state index contributed by atoms with van der Waals surface area (Å²) in [7, 11) is 0. The second-order valence-corrected chi connectivity index (χ2v) is 5.54. The van der Waals surface area contributed by atoms with Crippen molar-refractivity contribution in [1.82, 2.24) is 5.43 Å². The molecule has 0 heterocycles. The number of hydrogen-bond acceptors (Lipinski definition) is 2. The zero-order chi connectivity index (χ0) is 15.5. The highest BCUT2D eigenvalue weighted by Gasteiger charge is 2.43. The minimum absolute atomic E-state index is 0.00725. The summed E-state index contributed by atoms with van der Waals surface area (Å²) in [6, 6.07) is 16.1. The molecule has 0 bridgehead atoms. The standard InChI is InChI=1S/C18H17FN2O/c1-12(13-7-9-15(19)10-8-13)20-21-18(22)17-11-16(17)14-5-3-2-4-6-14/h2-10,16-17H,11H2,1H3,(H,21,22)/b20-12+/t16-,17-/m0/s1.